The van der Waals surface area contributed by atoms with Gasteiger partial charge in [-0.15, -0.1) is 0 Å². The van der Waals surface area contributed by atoms with Crippen molar-refractivity contribution >= 4 is 28.0 Å². The first-order valence-electron chi connectivity index (χ1n) is 10.8. The van der Waals surface area contributed by atoms with Crippen LogP contribution >= 0.6 is 7.14 Å². The third-order valence-corrected chi connectivity index (χ3v) is 9.52. The summed E-state index contributed by atoms with van der Waals surface area (Å²) in [5, 5.41) is 5.17. The minimum absolute atomic E-state index is 0.0109. The molecule has 2 aromatic carbocycles. The largest absolute Gasteiger partial charge is 0.419 e. The molecule has 0 spiro atoms. The van der Waals surface area contributed by atoms with Gasteiger partial charge in [0.15, 0.2) is 9.84 Å². The van der Waals surface area contributed by atoms with Crippen LogP contribution < -0.4 is 21.7 Å². The highest BCUT2D eigenvalue weighted by Gasteiger charge is 2.42. The second-order valence-electron chi connectivity index (χ2n) is 9.19. The normalized spacial score (nSPS) is 19.1. The maximum absolute atomic E-state index is 13.9. The summed E-state index contributed by atoms with van der Waals surface area (Å²) in [4.78, 5) is -0.110. The van der Waals surface area contributed by atoms with E-state index in [0.29, 0.717) is 16.4 Å². The molecule has 0 aromatic heterocycles. The Hall–Kier alpha value is -2.55. The summed E-state index contributed by atoms with van der Waals surface area (Å²) in [6.07, 6.45) is -2.77. The molecule has 0 amide bonds. The van der Waals surface area contributed by atoms with Crippen LogP contribution in [-0.2, 0) is 20.1 Å². The van der Waals surface area contributed by atoms with Crippen molar-refractivity contribution in [1.82, 2.24) is 5.32 Å². The molecule has 0 radical (unpaired) electrons. The average Bonchev–Trinajstić information content (AvgIpc) is 2.72. The standard InChI is InChI=1S/C24H29F3N3O3PS/c1-15(2)35(32,33)22-9-7-6-8-20(22)30-21-13-23(28,29-14-19(21)24(25,26)27)18-11-10-17(12-16(18)3)34(4,5)31/h6-15,29-30H,28H2,1-5H3. The van der Waals surface area contributed by atoms with Gasteiger partial charge in [-0.1, -0.05) is 24.3 Å². The van der Waals surface area contributed by atoms with Gasteiger partial charge >= 0.3 is 6.18 Å². The summed E-state index contributed by atoms with van der Waals surface area (Å²) < 4.78 is 79.8. The molecule has 1 heterocycles. The average molecular weight is 528 g/mol. The Morgan fingerprint density at radius 1 is 1.11 bits per heavy atom. The van der Waals surface area contributed by atoms with Crippen LogP contribution in [0.1, 0.15) is 25.0 Å². The Kier molecular flexibility index (Phi) is 7.07. The third-order valence-electron chi connectivity index (χ3n) is 5.78. The molecule has 2 aromatic rings. The van der Waals surface area contributed by atoms with E-state index >= 15 is 0 Å². The van der Waals surface area contributed by atoms with Crippen molar-refractivity contribution in [2.24, 2.45) is 5.73 Å². The monoisotopic (exact) mass is 527 g/mol. The molecule has 6 nitrogen and oxygen atoms in total. The molecule has 0 aliphatic carbocycles. The van der Waals surface area contributed by atoms with Gasteiger partial charge in [0.05, 0.1) is 27.1 Å². The van der Waals surface area contributed by atoms with Crippen molar-refractivity contribution in [3.05, 3.63) is 77.1 Å². The van der Waals surface area contributed by atoms with Crippen molar-refractivity contribution in [3.8, 4) is 0 Å². The third kappa shape index (κ3) is 5.50. The fraction of sp³-hybridized carbons (Fsp3) is 0.333. The molecule has 35 heavy (non-hydrogen) atoms. The van der Waals surface area contributed by atoms with Crippen molar-refractivity contribution in [2.75, 3.05) is 18.6 Å². The zero-order chi connectivity index (χ0) is 26.4. The van der Waals surface area contributed by atoms with E-state index in [1.165, 1.54) is 44.2 Å². The number of alkyl halides is 3. The lowest BCUT2D eigenvalue weighted by molar-refractivity contribution is -0.0900. The summed E-state index contributed by atoms with van der Waals surface area (Å²) in [5.41, 5.74) is 4.71. The highest BCUT2D eigenvalue weighted by Crippen LogP contribution is 2.39. The van der Waals surface area contributed by atoms with E-state index in [1.807, 2.05) is 0 Å². The molecule has 1 atom stereocenters. The number of halogens is 3. The van der Waals surface area contributed by atoms with Crippen LogP contribution in [0.3, 0.4) is 0 Å². The maximum Gasteiger partial charge on any atom is 0.419 e. The molecule has 3 rings (SSSR count). The minimum Gasteiger partial charge on any atom is -0.366 e. The van der Waals surface area contributed by atoms with Gasteiger partial charge in [-0.25, -0.2) is 8.42 Å². The van der Waals surface area contributed by atoms with Gasteiger partial charge < -0.3 is 20.9 Å². The van der Waals surface area contributed by atoms with Crippen molar-refractivity contribution in [1.29, 1.82) is 0 Å². The first-order valence-corrected chi connectivity index (χ1v) is 15.0. The molecular weight excluding hydrogens is 498 g/mol. The van der Waals surface area contributed by atoms with Crippen LogP contribution in [-0.4, -0.2) is 33.2 Å². The van der Waals surface area contributed by atoms with E-state index in [-0.39, 0.29) is 16.3 Å². The summed E-state index contributed by atoms with van der Waals surface area (Å²) in [6.45, 7) is 7.99. The van der Waals surface area contributed by atoms with E-state index in [2.05, 4.69) is 10.6 Å². The Labute approximate surface area is 203 Å². The Balaban J connectivity index is 2.14. The summed E-state index contributed by atoms with van der Waals surface area (Å²) in [7, 11) is -6.33. The lowest BCUT2D eigenvalue weighted by atomic mass is 9.91. The molecule has 0 bridgehead atoms. The van der Waals surface area contributed by atoms with Gasteiger partial charge in [0.2, 0.25) is 0 Å². The molecule has 0 fully saturated rings. The van der Waals surface area contributed by atoms with Gasteiger partial charge in [-0.2, -0.15) is 13.2 Å². The topological polar surface area (TPSA) is 101 Å². The zero-order valence-corrected chi connectivity index (χ0v) is 21.8. The van der Waals surface area contributed by atoms with E-state index in [9.17, 15) is 26.2 Å². The number of allylic oxidation sites excluding steroid dienone is 1. The molecular formula is C24H29F3N3O3PS. The zero-order valence-electron chi connectivity index (χ0n) is 20.1. The number of nitrogens with one attached hydrogen (secondary N) is 2. The Bertz CT molecular complexity index is 1360. The SMILES string of the molecule is Cc1cc(P(C)(C)=O)ccc1C1(N)C=C(Nc2ccccc2S(=O)(=O)C(C)C)C(C(F)(F)F)=CN1. The fourth-order valence-electron chi connectivity index (χ4n) is 3.77. The van der Waals surface area contributed by atoms with Crippen molar-refractivity contribution < 1.29 is 26.2 Å². The van der Waals surface area contributed by atoms with Crippen LogP contribution in [0.5, 0.6) is 0 Å². The van der Waals surface area contributed by atoms with Crippen LogP contribution in [0, 0.1) is 6.92 Å². The Morgan fingerprint density at radius 3 is 2.29 bits per heavy atom. The Morgan fingerprint density at radius 2 is 1.74 bits per heavy atom. The number of nitrogens with two attached hydrogens (primary N) is 1. The van der Waals surface area contributed by atoms with Gasteiger partial charge in [0.1, 0.15) is 12.8 Å². The second-order valence-corrected chi connectivity index (χ2v) is 14.9. The van der Waals surface area contributed by atoms with Gasteiger partial charge in [0, 0.05) is 11.5 Å². The van der Waals surface area contributed by atoms with Crippen LogP contribution in [0.4, 0.5) is 18.9 Å². The van der Waals surface area contributed by atoms with Gasteiger partial charge in [0.25, 0.3) is 0 Å². The van der Waals surface area contributed by atoms with Crippen molar-refractivity contribution in [2.45, 2.75) is 42.8 Å². The predicted octanol–water partition coefficient (Wildman–Crippen LogP) is 4.58. The number of dihydropyridines is 1. The smallest absolute Gasteiger partial charge is 0.366 e. The highest BCUT2D eigenvalue weighted by atomic mass is 32.2. The van der Waals surface area contributed by atoms with Crippen LogP contribution in [0.15, 0.2) is 70.9 Å². The number of para-hydroxylation sites is 1. The minimum atomic E-state index is -4.74. The van der Waals surface area contributed by atoms with Gasteiger partial charge in [-0.05, 0) is 69.5 Å². The summed E-state index contributed by atoms with van der Waals surface area (Å²) >= 11 is 0. The number of aryl methyl sites for hydroxylation is 1. The molecule has 4 N–H and O–H groups in total. The fourth-order valence-corrected chi connectivity index (χ4v) is 5.91. The maximum atomic E-state index is 13.9. The first kappa shape index (κ1) is 27.0. The number of hydrogen-bond acceptors (Lipinski definition) is 6. The first-order chi connectivity index (χ1) is 16.0. The second kappa shape index (κ2) is 9.15. The van der Waals surface area contributed by atoms with Crippen molar-refractivity contribution in [3.63, 3.8) is 0 Å². The van der Waals surface area contributed by atoms with Gasteiger partial charge in [-0.3, -0.25) is 0 Å². The molecule has 0 saturated heterocycles. The molecule has 1 aliphatic rings. The molecule has 0 saturated carbocycles. The quantitative estimate of drug-likeness (QED) is 0.476. The number of sulfone groups is 1. The van der Waals surface area contributed by atoms with E-state index in [1.54, 1.807) is 38.5 Å². The van der Waals surface area contributed by atoms with Crippen LogP contribution in [0.2, 0.25) is 0 Å². The highest BCUT2D eigenvalue weighted by molar-refractivity contribution is 7.92. The summed E-state index contributed by atoms with van der Waals surface area (Å²) in [5.74, 6) is 0. The molecule has 11 heteroatoms. The molecule has 1 aliphatic heterocycles. The lowest BCUT2D eigenvalue weighted by Gasteiger charge is -2.35. The van der Waals surface area contributed by atoms with Crippen LogP contribution in [0.25, 0.3) is 0 Å². The predicted molar refractivity (Wildman–Crippen MR) is 134 cm³/mol. The number of anilines is 1. The molecule has 190 valence electrons. The number of hydrogen-bond donors (Lipinski definition) is 3. The van der Waals surface area contributed by atoms with E-state index in [4.69, 9.17) is 5.73 Å². The number of benzene rings is 2. The number of rotatable bonds is 6. The van der Waals surface area contributed by atoms with E-state index in [0.717, 1.165) is 6.20 Å². The molecule has 1 unspecified atom stereocenters. The summed E-state index contributed by atoms with van der Waals surface area (Å²) in [6, 6.07) is 10.8. The van der Waals surface area contributed by atoms with E-state index < -0.39 is 39.6 Å². The lowest BCUT2D eigenvalue weighted by Crippen LogP contribution is -2.50.